The number of aromatic nitrogens is 8. The molecule has 0 bridgehead atoms. The minimum absolute atomic E-state index is 0.00521. The van der Waals surface area contributed by atoms with Crippen molar-refractivity contribution in [2.75, 3.05) is 48.1 Å². The normalized spacial score (nSPS) is 11.5. The van der Waals surface area contributed by atoms with E-state index in [2.05, 4.69) is 194 Å². The number of thiol groups is 1. The summed E-state index contributed by atoms with van der Waals surface area (Å²) < 4.78 is 32.2. The second-order valence-corrected chi connectivity index (χ2v) is 38.3. The third-order valence-electron chi connectivity index (χ3n) is 16.5. The number of anilines is 7. The fourth-order valence-corrected chi connectivity index (χ4v) is 17.4. The lowest BCUT2D eigenvalue weighted by molar-refractivity contribution is 0.272. The summed E-state index contributed by atoms with van der Waals surface area (Å²) in [6.07, 6.45) is 8.75. The molecule has 0 saturated carbocycles. The Labute approximate surface area is 691 Å². The van der Waals surface area contributed by atoms with Crippen LogP contribution >= 0.6 is 127 Å². The van der Waals surface area contributed by atoms with E-state index in [-0.39, 0.29) is 47.2 Å². The van der Waals surface area contributed by atoms with E-state index in [1.165, 1.54) is 26.1 Å². The van der Waals surface area contributed by atoms with Crippen molar-refractivity contribution in [3.05, 3.63) is 229 Å². The average Bonchev–Trinajstić information content (AvgIpc) is 1.68. The van der Waals surface area contributed by atoms with E-state index in [1.54, 1.807) is 115 Å². The highest BCUT2D eigenvalue weighted by atomic mass is 127. The van der Waals surface area contributed by atoms with Gasteiger partial charge in [0.25, 0.3) is 0 Å². The predicted molar refractivity (Wildman–Crippen MR) is 482 cm³/mol. The number of halogens is 3. The first-order valence-electron chi connectivity index (χ1n) is 34.3. The molecule has 0 spiro atoms. The van der Waals surface area contributed by atoms with E-state index in [0.717, 1.165) is 117 Å². The van der Waals surface area contributed by atoms with E-state index in [4.69, 9.17) is 27.5 Å². The van der Waals surface area contributed by atoms with E-state index < -0.39 is 14.6 Å². The van der Waals surface area contributed by atoms with Gasteiger partial charge < -0.3 is 42.1 Å². The Kier molecular flexibility index (Phi) is 30.0. The van der Waals surface area contributed by atoms with Gasteiger partial charge in [-0.05, 0) is 255 Å². The Bertz CT molecular complexity index is 5840. The smallest absolute Gasteiger partial charge is 0.183 e. The van der Waals surface area contributed by atoms with Gasteiger partial charge in [-0.25, -0.2) is 28.4 Å². The van der Waals surface area contributed by atoms with Crippen molar-refractivity contribution >= 4 is 261 Å². The molecule has 0 unspecified atom stereocenters. The molecule has 0 radical (unpaired) electrons. The van der Waals surface area contributed by atoms with E-state index in [1.807, 2.05) is 127 Å². The summed E-state index contributed by atoms with van der Waals surface area (Å²) in [6, 6.07) is 55.4. The van der Waals surface area contributed by atoms with Crippen molar-refractivity contribution in [3.63, 3.8) is 0 Å². The maximum absolute atomic E-state index is 13.1. The van der Waals surface area contributed by atoms with Crippen LogP contribution in [0.4, 0.5) is 39.8 Å². The van der Waals surface area contributed by atoms with Gasteiger partial charge in [-0.15, -0.1) is 57.1 Å². The van der Waals surface area contributed by atoms with Crippen LogP contribution in [0.15, 0.2) is 226 Å². The van der Waals surface area contributed by atoms with Gasteiger partial charge in [0, 0.05) is 134 Å². The number of hydrogen-bond acceptors (Lipinski definition) is 24. The molecule has 0 aliphatic rings. The molecule has 8 aromatic carbocycles. The molecule has 8 heterocycles. The fourth-order valence-electron chi connectivity index (χ4n) is 10.8. The number of thioether (sulfide) groups is 1. The number of aliphatic hydroxyl groups is 4. The molecule has 28 heteroatoms. The summed E-state index contributed by atoms with van der Waals surface area (Å²) in [5.41, 5.74) is 27.0. The van der Waals surface area contributed by atoms with Crippen LogP contribution < -0.4 is 21.7 Å². The zero-order valence-electron chi connectivity index (χ0n) is 60.5. The maximum Gasteiger partial charge on any atom is 0.183 e. The Morgan fingerprint density at radius 2 is 0.826 bits per heavy atom. The number of nitrogens with one attached hydrogen (secondary N) is 3. The highest BCUT2D eigenvalue weighted by Crippen LogP contribution is 2.39. The van der Waals surface area contributed by atoms with Gasteiger partial charge in [0.2, 0.25) is 0 Å². The van der Waals surface area contributed by atoms with Crippen LogP contribution in [0.25, 0.3) is 84.5 Å². The first-order chi connectivity index (χ1) is 52.3. The van der Waals surface area contributed by atoms with Gasteiger partial charge in [-0.2, -0.15) is 12.6 Å². The van der Waals surface area contributed by atoms with Crippen molar-refractivity contribution in [2.24, 2.45) is 0 Å². The third kappa shape index (κ3) is 23.3. The first-order valence-corrected chi connectivity index (χ1v) is 43.1. The van der Waals surface area contributed by atoms with Crippen molar-refractivity contribution in [1.82, 2.24) is 39.9 Å². The second-order valence-electron chi connectivity index (χ2n) is 26.3. The number of rotatable bonds is 16. The van der Waals surface area contributed by atoms with Crippen molar-refractivity contribution in [2.45, 2.75) is 91.8 Å². The molecule has 0 aliphatic carbocycles. The van der Waals surface area contributed by atoms with Gasteiger partial charge in [0.15, 0.2) is 9.84 Å². The maximum atomic E-state index is 13.1. The molecule has 0 atom stereocenters. The molecule has 8 aromatic heterocycles. The molecular formula is C81H81ClI2N12O6S7. The summed E-state index contributed by atoms with van der Waals surface area (Å²) in [5, 5.41) is 49.5. The van der Waals surface area contributed by atoms with Crippen LogP contribution in [0.3, 0.4) is 0 Å². The fraction of sp³-hybridized carbons (Fsp3) is 0.210. The summed E-state index contributed by atoms with van der Waals surface area (Å²) in [4.78, 5) is 36.1. The summed E-state index contributed by atoms with van der Waals surface area (Å²) in [6.45, 7) is 13.7. The van der Waals surface area contributed by atoms with Crippen molar-refractivity contribution < 1.29 is 28.8 Å². The molecular weight excluding hydrogens is 1750 g/mol. The second kappa shape index (κ2) is 39.0. The van der Waals surface area contributed by atoms with Crippen molar-refractivity contribution in [3.8, 4) is 0 Å². The highest BCUT2D eigenvalue weighted by Gasteiger charge is 2.35. The predicted octanol–water partition coefficient (Wildman–Crippen LogP) is 22.0. The summed E-state index contributed by atoms with van der Waals surface area (Å²) >= 11 is 23.0. The Morgan fingerprint density at radius 3 is 1.26 bits per heavy atom. The van der Waals surface area contributed by atoms with E-state index >= 15 is 0 Å². The molecule has 16 rings (SSSR count). The molecule has 16 aromatic rings. The standard InChI is InChI=1S/C21H21N3O3S2.C21H21N3OS2.C16H10IN3S.C9H5ClIN.C7H6N2S.C5H12OS.C2H6O/c1-21(2,8-10-25)29(26,27)15-4-5-17-16(12-15)18(7-9-22-17)24-14-3-6-20-19(11-14)23-13-28-20;1-21(2,8-10-25)27-15-4-5-17-16(12-15)18(7-9-22-17)24-14-3-6-20-19(11-14)23-13-26-20;17-10-1-3-13-12(7-10)14(5-6-18-13)20-11-2-4-16-15(8-11)19-9-21-16;10-8-3-4-12-9-2-1-6(11)5-7(8)9;8-5-1-2-7-6(3-5)9-4-10-7;1-5(2,7)3-4-6;1-2-3/h3-7,9,11-13,25H,8,10H2,1-2H3,(H,22,24);3-7,9,11-13,25H,8,10H2,1-2H3,(H,22,24);1-9H,(H,18,20);1-5H;1-4H,8H2;6-7H,3-4H2,1-2H3;3H,2H2,1H3. The Balaban J connectivity index is 0.000000146. The Morgan fingerprint density at radius 1 is 0.450 bits per heavy atom. The molecule has 9 N–H and O–H groups in total. The van der Waals surface area contributed by atoms with Gasteiger partial charge in [0.05, 0.1) is 99.6 Å². The van der Waals surface area contributed by atoms with Crippen LogP contribution in [0.5, 0.6) is 0 Å². The number of nitrogens with zero attached hydrogens (tertiary/aromatic N) is 8. The van der Waals surface area contributed by atoms with Gasteiger partial charge in [0.1, 0.15) is 0 Å². The van der Waals surface area contributed by atoms with Gasteiger partial charge in [-0.3, -0.25) is 19.9 Å². The zero-order valence-corrected chi connectivity index (χ0v) is 71.4. The number of aliphatic hydroxyl groups excluding tert-OH is 4. The molecule has 18 nitrogen and oxygen atoms in total. The number of pyridine rings is 4. The number of hydrogen-bond donors (Lipinski definition) is 9. The van der Waals surface area contributed by atoms with Gasteiger partial charge in [-0.1, -0.05) is 39.3 Å². The Hall–Kier alpha value is -7.60. The molecule has 109 heavy (non-hydrogen) atoms. The first kappa shape index (κ1) is 83.9. The largest absolute Gasteiger partial charge is 0.399 e. The van der Waals surface area contributed by atoms with Crippen molar-refractivity contribution in [1.29, 1.82) is 0 Å². The number of nitrogens with two attached hydrogens (primary N) is 1. The van der Waals surface area contributed by atoms with Crippen LogP contribution in [-0.2, 0) is 9.84 Å². The monoisotopic (exact) mass is 1830 g/mol. The molecule has 0 amide bonds. The van der Waals surface area contributed by atoms with Crippen LogP contribution in [-0.4, -0.2) is 109 Å². The lowest BCUT2D eigenvalue weighted by atomic mass is 10.1. The highest BCUT2D eigenvalue weighted by molar-refractivity contribution is 14.1. The molecule has 0 saturated heterocycles. The molecule has 0 aliphatic heterocycles. The summed E-state index contributed by atoms with van der Waals surface area (Å²) in [7, 11) is -3.63. The number of thiazole rings is 4. The third-order valence-corrected chi connectivity index (χ3v) is 25.5. The minimum Gasteiger partial charge on any atom is -0.399 e. The average molecular weight is 1830 g/mol. The lowest BCUT2D eigenvalue weighted by Gasteiger charge is -2.24. The van der Waals surface area contributed by atoms with Crippen LogP contribution in [0, 0.1) is 7.14 Å². The van der Waals surface area contributed by atoms with Crippen LogP contribution in [0.2, 0.25) is 5.02 Å². The van der Waals surface area contributed by atoms with Crippen LogP contribution in [0.1, 0.15) is 67.7 Å². The number of nitrogen functional groups attached to an aromatic ring is 1. The summed E-state index contributed by atoms with van der Waals surface area (Å²) in [5.74, 6) is 0. The SMILES string of the molecule is CC(C)(CCO)S(=O)(=O)c1ccc2nccc(Nc3ccc4scnc4c3)c2c1.CC(C)(CCO)Sc1ccc2nccc(Nc3ccc4scnc4c3)c2c1.CC(C)(S)CCO.CCO.Clc1ccnc2ccc(I)cc12.Ic1ccc2nccc(Nc3ccc4scnc4c3)c2c1.Nc1ccc2scnc2c1. The minimum atomic E-state index is -3.63. The topological polar surface area (TPSA) is 280 Å². The number of sulfone groups is 1. The number of benzene rings is 8. The molecule has 0 fully saturated rings. The van der Waals surface area contributed by atoms with E-state index in [0.29, 0.717) is 10.9 Å². The van der Waals surface area contributed by atoms with E-state index in [9.17, 15) is 18.6 Å². The number of fused-ring (bicyclic) bond motifs is 8. The van der Waals surface area contributed by atoms with Gasteiger partial charge >= 0.3 is 0 Å². The zero-order chi connectivity index (χ0) is 77.9. The lowest BCUT2D eigenvalue weighted by Crippen LogP contribution is -2.33. The quantitative estimate of drug-likeness (QED) is 0.0188. The molecule has 564 valence electrons.